The number of nitrogens with two attached hydrogens (primary N) is 1. The molecule has 0 spiro atoms. The predicted molar refractivity (Wildman–Crippen MR) is 64.3 cm³/mol. The van der Waals surface area contributed by atoms with Crippen LogP contribution in [-0.2, 0) is 0 Å². The number of nitrogens with one attached hydrogen (secondary N) is 1. The highest BCUT2D eigenvalue weighted by Gasteiger charge is 2.07. The van der Waals surface area contributed by atoms with Gasteiger partial charge in [-0.2, -0.15) is 0 Å². The summed E-state index contributed by atoms with van der Waals surface area (Å²) in [6.07, 6.45) is 0. The van der Waals surface area contributed by atoms with E-state index in [1.54, 1.807) is 12.1 Å². The van der Waals surface area contributed by atoms with Gasteiger partial charge in [-0.05, 0) is 25.1 Å². The van der Waals surface area contributed by atoms with Crippen LogP contribution in [0.2, 0.25) is 10.0 Å². The number of nitrogens with zero attached hydrogens (tertiary/aromatic N) is 1. The van der Waals surface area contributed by atoms with E-state index in [4.69, 9.17) is 29.0 Å². The lowest BCUT2D eigenvalue weighted by atomic mass is 10.1. The molecule has 0 radical (unpaired) electrons. The van der Waals surface area contributed by atoms with Gasteiger partial charge in [0.05, 0.1) is 16.2 Å². The Morgan fingerprint density at radius 2 is 2.00 bits per heavy atom. The topological polar surface area (TPSA) is 50.9 Å². The molecule has 0 aliphatic rings. The number of hydrazine groups is 1. The summed E-state index contributed by atoms with van der Waals surface area (Å²) in [5, 5.41) is 1.91. The van der Waals surface area contributed by atoms with Crippen LogP contribution in [0.4, 0.5) is 5.69 Å². The minimum Gasteiger partial charge on any atom is -0.323 e. The van der Waals surface area contributed by atoms with Gasteiger partial charge < -0.3 is 5.43 Å². The Morgan fingerprint density at radius 1 is 1.27 bits per heavy atom. The van der Waals surface area contributed by atoms with E-state index in [-0.39, 0.29) is 0 Å². The van der Waals surface area contributed by atoms with Crippen molar-refractivity contribution >= 4 is 39.8 Å². The van der Waals surface area contributed by atoms with Crippen molar-refractivity contribution in [2.45, 2.75) is 6.92 Å². The van der Waals surface area contributed by atoms with Gasteiger partial charge >= 0.3 is 0 Å². The van der Waals surface area contributed by atoms with Crippen LogP contribution >= 0.6 is 23.2 Å². The lowest BCUT2D eigenvalue weighted by Gasteiger charge is -2.08. The molecule has 0 saturated carbocycles. The first-order chi connectivity index (χ1) is 7.11. The summed E-state index contributed by atoms with van der Waals surface area (Å²) in [6.45, 7) is 1.88. The average molecular weight is 242 g/mol. The molecule has 2 rings (SSSR count). The molecule has 78 valence electrons. The van der Waals surface area contributed by atoms with Crippen molar-refractivity contribution in [1.82, 2.24) is 4.98 Å². The molecule has 15 heavy (non-hydrogen) atoms. The largest absolute Gasteiger partial charge is 0.323 e. The molecule has 0 amide bonds. The predicted octanol–water partition coefficient (Wildman–Crippen LogP) is 3.14. The second-order valence-electron chi connectivity index (χ2n) is 3.24. The summed E-state index contributed by atoms with van der Waals surface area (Å²) in [5.41, 5.74) is 4.92. The molecule has 3 nitrogen and oxygen atoms in total. The zero-order valence-corrected chi connectivity index (χ0v) is 9.52. The number of hydrogen-bond donors (Lipinski definition) is 2. The third-order valence-corrected chi connectivity index (χ3v) is 2.62. The van der Waals surface area contributed by atoms with Crippen LogP contribution in [0.1, 0.15) is 5.69 Å². The van der Waals surface area contributed by atoms with Gasteiger partial charge in [0.15, 0.2) is 0 Å². The van der Waals surface area contributed by atoms with Gasteiger partial charge in [0, 0.05) is 16.1 Å². The molecule has 0 aliphatic heterocycles. The zero-order chi connectivity index (χ0) is 11.0. The van der Waals surface area contributed by atoms with E-state index in [0.717, 1.165) is 16.8 Å². The van der Waals surface area contributed by atoms with Gasteiger partial charge in [-0.3, -0.25) is 10.8 Å². The van der Waals surface area contributed by atoms with Gasteiger partial charge in [-0.15, -0.1) is 0 Å². The van der Waals surface area contributed by atoms with E-state index in [9.17, 15) is 0 Å². The van der Waals surface area contributed by atoms with Crippen molar-refractivity contribution in [3.63, 3.8) is 0 Å². The summed E-state index contributed by atoms with van der Waals surface area (Å²) < 4.78 is 0. The van der Waals surface area contributed by atoms with Crippen LogP contribution in [-0.4, -0.2) is 4.98 Å². The normalized spacial score (nSPS) is 10.7. The van der Waals surface area contributed by atoms with E-state index in [1.165, 1.54) is 0 Å². The zero-order valence-electron chi connectivity index (χ0n) is 8.01. The fraction of sp³-hybridized carbons (Fsp3) is 0.100. The number of aromatic nitrogens is 1. The van der Waals surface area contributed by atoms with E-state index in [1.807, 2.05) is 13.0 Å². The highest BCUT2D eigenvalue weighted by Crippen LogP contribution is 2.31. The molecule has 5 heteroatoms. The Bertz CT molecular complexity index is 526. The van der Waals surface area contributed by atoms with Gasteiger partial charge in [-0.25, -0.2) is 0 Å². The fourth-order valence-corrected chi connectivity index (χ4v) is 2.04. The van der Waals surface area contributed by atoms with Gasteiger partial charge in [0.2, 0.25) is 0 Å². The van der Waals surface area contributed by atoms with Crippen molar-refractivity contribution < 1.29 is 0 Å². The highest BCUT2D eigenvalue weighted by atomic mass is 35.5. The SMILES string of the molecule is Cc1cc(NN)c2cc(Cl)cc(Cl)c2n1. The lowest BCUT2D eigenvalue weighted by Crippen LogP contribution is -2.08. The van der Waals surface area contributed by atoms with Crippen LogP contribution in [0.15, 0.2) is 18.2 Å². The van der Waals surface area contributed by atoms with Crippen molar-refractivity contribution in [3.8, 4) is 0 Å². The molecule has 3 N–H and O–H groups in total. The number of nitrogen functional groups attached to an aromatic ring is 1. The van der Waals surface area contributed by atoms with Crippen LogP contribution in [0.25, 0.3) is 10.9 Å². The number of hydrogen-bond acceptors (Lipinski definition) is 3. The number of halogens is 2. The quantitative estimate of drug-likeness (QED) is 0.596. The van der Waals surface area contributed by atoms with E-state index in [2.05, 4.69) is 10.4 Å². The Kier molecular flexibility index (Phi) is 2.69. The molecule has 1 heterocycles. The molecule has 0 bridgehead atoms. The Balaban J connectivity index is 2.89. The van der Waals surface area contributed by atoms with E-state index in [0.29, 0.717) is 15.6 Å². The van der Waals surface area contributed by atoms with Crippen molar-refractivity contribution in [2.75, 3.05) is 5.43 Å². The van der Waals surface area contributed by atoms with E-state index >= 15 is 0 Å². The third kappa shape index (κ3) is 1.86. The Labute approximate surface area is 97.2 Å². The van der Waals surface area contributed by atoms with Crippen LogP contribution in [0.3, 0.4) is 0 Å². The molecule has 0 unspecified atom stereocenters. The Hall–Kier alpha value is -1.03. The number of fused-ring (bicyclic) bond motifs is 1. The van der Waals surface area contributed by atoms with Crippen molar-refractivity contribution in [1.29, 1.82) is 0 Å². The summed E-state index contributed by atoms with van der Waals surface area (Å²) in [6, 6.07) is 5.29. The fourth-order valence-electron chi connectivity index (χ4n) is 1.50. The lowest BCUT2D eigenvalue weighted by molar-refractivity contribution is 1.24. The smallest absolute Gasteiger partial charge is 0.0913 e. The van der Waals surface area contributed by atoms with Crippen LogP contribution in [0, 0.1) is 6.92 Å². The third-order valence-electron chi connectivity index (χ3n) is 2.12. The van der Waals surface area contributed by atoms with Gasteiger partial charge in [0.25, 0.3) is 0 Å². The molecule has 0 atom stereocenters. The van der Waals surface area contributed by atoms with Gasteiger partial charge in [0.1, 0.15) is 0 Å². The Morgan fingerprint density at radius 3 is 2.67 bits per heavy atom. The second-order valence-corrected chi connectivity index (χ2v) is 4.08. The van der Waals surface area contributed by atoms with Crippen LogP contribution in [0.5, 0.6) is 0 Å². The molecule has 1 aromatic carbocycles. The maximum absolute atomic E-state index is 6.05. The molecule has 0 aliphatic carbocycles. The number of benzene rings is 1. The maximum Gasteiger partial charge on any atom is 0.0913 e. The maximum atomic E-state index is 6.05. The minimum atomic E-state index is 0.526. The first-order valence-electron chi connectivity index (χ1n) is 4.35. The molecule has 1 aromatic heterocycles. The monoisotopic (exact) mass is 241 g/mol. The molecular weight excluding hydrogens is 233 g/mol. The van der Waals surface area contributed by atoms with E-state index < -0.39 is 0 Å². The molecule has 2 aromatic rings. The standard InChI is InChI=1S/C10H9Cl2N3/c1-5-2-9(15-13)7-3-6(11)4-8(12)10(7)14-5/h2-4H,13H2,1H3,(H,14,15). The number of aryl methyl sites for hydroxylation is 1. The number of pyridine rings is 1. The summed E-state index contributed by atoms with van der Waals surface area (Å²) >= 11 is 12.0. The summed E-state index contributed by atoms with van der Waals surface area (Å²) in [4.78, 5) is 4.34. The molecule has 0 fully saturated rings. The van der Waals surface area contributed by atoms with Crippen molar-refractivity contribution in [2.24, 2.45) is 5.84 Å². The van der Waals surface area contributed by atoms with Crippen molar-refractivity contribution in [3.05, 3.63) is 33.9 Å². The first kappa shape index (κ1) is 10.5. The molecular formula is C10H9Cl2N3. The summed E-state index contributed by atoms with van der Waals surface area (Å²) in [5.74, 6) is 5.42. The second kappa shape index (κ2) is 3.85. The molecule has 0 saturated heterocycles. The van der Waals surface area contributed by atoms with Crippen LogP contribution < -0.4 is 11.3 Å². The first-order valence-corrected chi connectivity index (χ1v) is 5.10. The minimum absolute atomic E-state index is 0.526. The number of rotatable bonds is 1. The average Bonchev–Trinajstić information content (AvgIpc) is 2.18. The summed E-state index contributed by atoms with van der Waals surface area (Å²) in [7, 11) is 0. The highest BCUT2D eigenvalue weighted by molar-refractivity contribution is 6.38. The van der Waals surface area contributed by atoms with Gasteiger partial charge in [-0.1, -0.05) is 23.2 Å². The number of anilines is 1.